The predicted molar refractivity (Wildman–Crippen MR) is 83.4 cm³/mol. The molecule has 1 aromatic heterocycles. The Bertz CT molecular complexity index is 794. The fourth-order valence-electron chi connectivity index (χ4n) is 3.18. The lowest BCUT2D eigenvalue weighted by Crippen LogP contribution is -2.35. The van der Waals surface area contributed by atoms with Crippen LogP contribution >= 0.6 is 0 Å². The Kier molecular flexibility index (Phi) is 2.78. The third-order valence-electron chi connectivity index (χ3n) is 4.22. The van der Waals surface area contributed by atoms with Crippen LogP contribution in [0.5, 0.6) is 0 Å². The Morgan fingerprint density at radius 1 is 1.00 bits per heavy atom. The van der Waals surface area contributed by atoms with Crippen LogP contribution in [0.25, 0.3) is 10.9 Å². The van der Waals surface area contributed by atoms with Crippen LogP contribution in [-0.2, 0) is 12.8 Å². The number of benzene rings is 2. The van der Waals surface area contributed by atoms with Gasteiger partial charge in [-0.25, -0.2) is 0 Å². The number of nitrogens with one attached hydrogen (secondary N) is 2. The molecule has 1 amide bonds. The van der Waals surface area contributed by atoms with Crippen molar-refractivity contribution in [2.75, 3.05) is 0 Å². The highest BCUT2D eigenvalue weighted by Gasteiger charge is 2.23. The molecule has 3 heteroatoms. The average molecular weight is 276 g/mol. The lowest BCUT2D eigenvalue weighted by atomic mass is 10.1. The van der Waals surface area contributed by atoms with Crippen molar-refractivity contribution in [1.29, 1.82) is 0 Å². The van der Waals surface area contributed by atoms with Gasteiger partial charge in [0.1, 0.15) is 0 Å². The van der Waals surface area contributed by atoms with Gasteiger partial charge in [0, 0.05) is 23.1 Å². The summed E-state index contributed by atoms with van der Waals surface area (Å²) in [5.74, 6) is 0.00487. The van der Waals surface area contributed by atoms with Crippen molar-refractivity contribution in [1.82, 2.24) is 10.3 Å². The van der Waals surface area contributed by atoms with Gasteiger partial charge >= 0.3 is 0 Å². The summed E-state index contributed by atoms with van der Waals surface area (Å²) in [5.41, 5.74) is 4.42. The third kappa shape index (κ3) is 2.11. The highest BCUT2D eigenvalue weighted by molar-refractivity contribution is 6.06. The second-order valence-corrected chi connectivity index (χ2v) is 5.60. The summed E-state index contributed by atoms with van der Waals surface area (Å²) in [6.07, 6.45) is 3.64. The molecule has 0 atom stereocenters. The van der Waals surface area contributed by atoms with E-state index in [-0.39, 0.29) is 11.9 Å². The lowest BCUT2D eigenvalue weighted by Gasteiger charge is -2.11. The number of aromatic nitrogens is 1. The molecule has 21 heavy (non-hydrogen) atoms. The number of hydrogen-bond donors (Lipinski definition) is 2. The van der Waals surface area contributed by atoms with Gasteiger partial charge in [-0.05, 0) is 30.0 Å². The number of para-hydroxylation sites is 1. The molecule has 104 valence electrons. The van der Waals surface area contributed by atoms with E-state index in [0.29, 0.717) is 0 Å². The van der Waals surface area contributed by atoms with E-state index in [1.54, 1.807) is 6.20 Å². The molecule has 0 unspecified atom stereocenters. The van der Waals surface area contributed by atoms with Gasteiger partial charge in [-0.2, -0.15) is 0 Å². The Balaban J connectivity index is 1.55. The lowest BCUT2D eigenvalue weighted by molar-refractivity contribution is 0.0940. The number of H-pyrrole nitrogens is 1. The van der Waals surface area contributed by atoms with Gasteiger partial charge in [0.25, 0.3) is 5.91 Å². The normalized spacial score (nSPS) is 14.3. The molecule has 0 spiro atoms. The summed E-state index contributed by atoms with van der Waals surface area (Å²) in [4.78, 5) is 15.6. The SMILES string of the molecule is O=C(NC1Cc2ccccc2C1)c1c[nH]c2ccccc12. The number of fused-ring (bicyclic) bond motifs is 2. The van der Waals surface area contributed by atoms with E-state index in [0.717, 1.165) is 29.3 Å². The summed E-state index contributed by atoms with van der Waals surface area (Å²) in [5, 5.41) is 4.14. The molecule has 1 aliphatic carbocycles. The zero-order valence-corrected chi connectivity index (χ0v) is 11.6. The number of hydrogen-bond acceptors (Lipinski definition) is 1. The number of carbonyl (C=O) groups excluding carboxylic acids is 1. The first-order valence-electron chi connectivity index (χ1n) is 7.25. The van der Waals surface area contributed by atoms with Gasteiger partial charge in [0.05, 0.1) is 5.56 Å². The Morgan fingerprint density at radius 2 is 1.67 bits per heavy atom. The zero-order chi connectivity index (χ0) is 14.2. The molecule has 0 fully saturated rings. The van der Waals surface area contributed by atoms with Crippen molar-refractivity contribution in [3.8, 4) is 0 Å². The number of amides is 1. The fourth-order valence-corrected chi connectivity index (χ4v) is 3.18. The average Bonchev–Trinajstić information content (AvgIpc) is 3.10. The monoisotopic (exact) mass is 276 g/mol. The van der Waals surface area contributed by atoms with Crippen LogP contribution in [0.2, 0.25) is 0 Å². The van der Waals surface area contributed by atoms with E-state index in [2.05, 4.69) is 34.6 Å². The van der Waals surface area contributed by atoms with Crippen LogP contribution in [0.3, 0.4) is 0 Å². The van der Waals surface area contributed by atoms with E-state index in [1.807, 2.05) is 24.3 Å². The van der Waals surface area contributed by atoms with Gasteiger partial charge in [-0.3, -0.25) is 4.79 Å². The molecule has 3 nitrogen and oxygen atoms in total. The maximum atomic E-state index is 12.5. The number of aromatic amines is 1. The van der Waals surface area contributed by atoms with Gasteiger partial charge in [-0.1, -0.05) is 42.5 Å². The first kappa shape index (κ1) is 12.2. The smallest absolute Gasteiger partial charge is 0.253 e. The van der Waals surface area contributed by atoms with Crippen LogP contribution < -0.4 is 5.32 Å². The van der Waals surface area contributed by atoms with Crippen LogP contribution in [0, 0.1) is 0 Å². The Labute approximate surface area is 123 Å². The molecule has 2 aromatic carbocycles. The fraction of sp³-hybridized carbons (Fsp3) is 0.167. The van der Waals surface area contributed by atoms with Crippen molar-refractivity contribution >= 4 is 16.8 Å². The molecular formula is C18H16N2O. The zero-order valence-electron chi connectivity index (χ0n) is 11.6. The van der Waals surface area contributed by atoms with Crippen LogP contribution in [-0.4, -0.2) is 16.9 Å². The molecule has 0 radical (unpaired) electrons. The van der Waals surface area contributed by atoms with E-state index in [4.69, 9.17) is 0 Å². The summed E-state index contributed by atoms with van der Waals surface area (Å²) in [7, 11) is 0. The van der Waals surface area contributed by atoms with Crippen molar-refractivity contribution < 1.29 is 4.79 Å². The number of rotatable bonds is 2. The van der Waals surface area contributed by atoms with Gasteiger partial charge in [0.2, 0.25) is 0 Å². The van der Waals surface area contributed by atoms with Gasteiger partial charge in [-0.15, -0.1) is 0 Å². The first-order chi connectivity index (χ1) is 10.3. The molecular weight excluding hydrogens is 260 g/mol. The van der Waals surface area contributed by atoms with E-state index in [1.165, 1.54) is 11.1 Å². The third-order valence-corrected chi connectivity index (χ3v) is 4.22. The topological polar surface area (TPSA) is 44.9 Å². The van der Waals surface area contributed by atoms with E-state index < -0.39 is 0 Å². The summed E-state index contributed by atoms with van der Waals surface area (Å²) >= 11 is 0. The van der Waals surface area contributed by atoms with Crippen molar-refractivity contribution in [3.05, 3.63) is 71.4 Å². The Morgan fingerprint density at radius 3 is 2.43 bits per heavy atom. The molecule has 2 N–H and O–H groups in total. The van der Waals surface area contributed by atoms with Crippen LogP contribution in [0.4, 0.5) is 0 Å². The summed E-state index contributed by atoms with van der Waals surface area (Å²) in [6.45, 7) is 0. The highest BCUT2D eigenvalue weighted by atomic mass is 16.1. The first-order valence-corrected chi connectivity index (χ1v) is 7.25. The Hall–Kier alpha value is -2.55. The van der Waals surface area contributed by atoms with Gasteiger partial charge in [0.15, 0.2) is 0 Å². The quantitative estimate of drug-likeness (QED) is 0.742. The van der Waals surface area contributed by atoms with Crippen LogP contribution in [0.15, 0.2) is 54.7 Å². The minimum Gasteiger partial charge on any atom is -0.360 e. The predicted octanol–water partition coefficient (Wildman–Crippen LogP) is 3.07. The minimum atomic E-state index is 0.00487. The maximum Gasteiger partial charge on any atom is 0.253 e. The number of carbonyl (C=O) groups is 1. The molecule has 0 saturated heterocycles. The molecule has 1 aliphatic rings. The van der Waals surface area contributed by atoms with Crippen molar-refractivity contribution in [2.24, 2.45) is 0 Å². The standard InChI is InChI=1S/C18H16N2O/c21-18(16-11-19-17-8-4-3-7-15(16)17)20-14-9-12-5-1-2-6-13(12)10-14/h1-8,11,14,19H,9-10H2,(H,20,21). The molecule has 3 aromatic rings. The largest absolute Gasteiger partial charge is 0.360 e. The molecule has 0 saturated carbocycles. The second-order valence-electron chi connectivity index (χ2n) is 5.60. The second kappa shape index (κ2) is 4.77. The van der Waals surface area contributed by atoms with Crippen molar-refractivity contribution in [3.63, 3.8) is 0 Å². The summed E-state index contributed by atoms with van der Waals surface area (Å²) in [6, 6.07) is 16.5. The van der Waals surface area contributed by atoms with Crippen LogP contribution in [0.1, 0.15) is 21.5 Å². The van der Waals surface area contributed by atoms with E-state index in [9.17, 15) is 4.79 Å². The molecule has 0 bridgehead atoms. The maximum absolute atomic E-state index is 12.5. The van der Waals surface area contributed by atoms with E-state index >= 15 is 0 Å². The molecule has 4 rings (SSSR count). The summed E-state index contributed by atoms with van der Waals surface area (Å²) < 4.78 is 0. The highest BCUT2D eigenvalue weighted by Crippen LogP contribution is 2.23. The minimum absolute atomic E-state index is 0.00487. The molecule has 1 heterocycles. The van der Waals surface area contributed by atoms with Crippen molar-refractivity contribution in [2.45, 2.75) is 18.9 Å². The van der Waals surface area contributed by atoms with Gasteiger partial charge < -0.3 is 10.3 Å². The molecule has 0 aliphatic heterocycles.